The number of hydrazine groups is 1. The average molecular weight is 278 g/mol. The molecule has 5 nitrogen and oxygen atoms in total. The van der Waals surface area contributed by atoms with Crippen molar-refractivity contribution in [3.63, 3.8) is 0 Å². The minimum atomic E-state index is -0.0914. The van der Waals surface area contributed by atoms with Crippen LogP contribution in [0.4, 0.5) is 0 Å². The molecule has 0 bridgehead atoms. The van der Waals surface area contributed by atoms with Gasteiger partial charge in [0.1, 0.15) is 0 Å². The lowest BCUT2D eigenvalue weighted by Gasteiger charge is -2.46. The SMILES string of the molecule is COC1(C(Cc2ccn(C3CCCC3)n2)NN)CCC1. The van der Waals surface area contributed by atoms with Crippen molar-refractivity contribution in [3.05, 3.63) is 18.0 Å². The molecule has 3 N–H and O–H groups in total. The lowest BCUT2D eigenvalue weighted by atomic mass is 9.73. The maximum atomic E-state index is 5.76. The van der Waals surface area contributed by atoms with Gasteiger partial charge in [-0.2, -0.15) is 5.10 Å². The Morgan fingerprint density at radius 2 is 2.20 bits per heavy atom. The standard InChI is InChI=1S/C15H26N4O/c1-20-15(8-4-9-15)14(17-16)11-12-7-10-19(18-12)13-5-2-3-6-13/h7,10,13-14,17H,2-6,8-9,11,16H2,1H3. The molecule has 2 saturated carbocycles. The molecular formula is C15H26N4O. The van der Waals surface area contributed by atoms with Gasteiger partial charge in [0, 0.05) is 19.7 Å². The number of hydrogen-bond acceptors (Lipinski definition) is 4. The molecule has 20 heavy (non-hydrogen) atoms. The Morgan fingerprint density at radius 1 is 1.45 bits per heavy atom. The predicted molar refractivity (Wildman–Crippen MR) is 78.1 cm³/mol. The molecule has 112 valence electrons. The summed E-state index contributed by atoms with van der Waals surface area (Å²) in [5.74, 6) is 5.76. The van der Waals surface area contributed by atoms with Crippen molar-refractivity contribution in [3.8, 4) is 0 Å². The number of ether oxygens (including phenoxy) is 1. The van der Waals surface area contributed by atoms with Gasteiger partial charge in [0.25, 0.3) is 0 Å². The van der Waals surface area contributed by atoms with Crippen molar-refractivity contribution in [1.29, 1.82) is 0 Å². The molecule has 1 atom stereocenters. The Bertz CT molecular complexity index is 429. The summed E-state index contributed by atoms with van der Waals surface area (Å²) in [6, 6.07) is 2.88. The van der Waals surface area contributed by atoms with E-state index in [-0.39, 0.29) is 11.6 Å². The van der Waals surface area contributed by atoms with Gasteiger partial charge < -0.3 is 4.74 Å². The van der Waals surface area contributed by atoms with Crippen LogP contribution in [0.15, 0.2) is 12.3 Å². The first-order chi connectivity index (χ1) is 9.77. The Morgan fingerprint density at radius 3 is 2.75 bits per heavy atom. The van der Waals surface area contributed by atoms with Gasteiger partial charge in [-0.1, -0.05) is 12.8 Å². The van der Waals surface area contributed by atoms with Crippen LogP contribution in [0, 0.1) is 0 Å². The van der Waals surface area contributed by atoms with Crippen LogP contribution in [-0.4, -0.2) is 28.5 Å². The van der Waals surface area contributed by atoms with Crippen molar-refractivity contribution in [2.24, 2.45) is 5.84 Å². The first-order valence-corrected chi connectivity index (χ1v) is 7.83. The Labute approximate surface area is 120 Å². The monoisotopic (exact) mass is 278 g/mol. The van der Waals surface area contributed by atoms with E-state index in [4.69, 9.17) is 15.7 Å². The summed E-state index contributed by atoms with van der Waals surface area (Å²) in [7, 11) is 1.79. The number of rotatable bonds is 6. The number of nitrogens with two attached hydrogens (primary N) is 1. The highest BCUT2D eigenvalue weighted by Gasteiger charge is 2.44. The van der Waals surface area contributed by atoms with Crippen molar-refractivity contribution in [2.75, 3.05) is 7.11 Å². The number of nitrogens with one attached hydrogen (secondary N) is 1. The van der Waals surface area contributed by atoms with E-state index >= 15 is 0 Å². The molecule has 1 heterocycles. The average Bonchev–Trinajstić information content (AvgIpc) is 3.07. The highest BCUT2D eigenvalue weighted by Crippen LogP contribution is 2.39. The first kappa shape index (κ1) is 14.0. The minimum absolute atomic E-state index is 0.0914. The highest BCUT2D eigenvalue weighted by molar-refractivity contribution is 5.08. The van der Waals surface area contributed by atoms with Gasteiger partial charge in [0.15, 0.2) is 0 Å². The van der Waals surface area contributed by atoms with E-state index < -0.39 is 0 Å². The van der Waals surface area contributed by atoms with Crippen LogP contribution < -0.4 is 11.3 Å². The van der Waals surface area contributed by atoms with Gasteiger partial charge in [-0.05, 0) is 38.2 Å². The maximum Gasteiger partial charge on any atom is 0.0848 e. The predicted octanol–water partition coefficient (Wildman–Crippen LogP) is 1.94. The van der Waals surface area contributed by atoms with Crippen molar-refractivity contribution in [2.45, 2.75) is 69.1 Å². The molecule has 1 aromatic rings. The zero-order valence-electron chi connectivity index (χ0n) is 12.3. The van der Waals surface area contributed by atoms with E-state index in [1.807, 2.05) is 0 Å². The fourth-order valence-electron chi connectivity index (χ4n) is 3.68. The number of hydrogen-bond donors (Lipinski definition) is 2. The van der Waals surface area contributed by atoms with E-state index in [0.29, 0.717) is 6.04 Å². The second-order valence-electron chi connectivity index (χ2n) is 6.27. The van der Waals surface area contributed by atoms with E-state index in [9.17, 15) is 0 Å². The normalized spacial score (nSPS) is 23.7. The smallest absolute Gasteiger partial charge is 0.0848 e. The molecular weight excluding hydrogens is 252 g/mol. The third-order valence-corrected chi connectivity index (χ3v) is 5.22. The van der Waals surface area contributed by atoms with E-state index in [2.05, 4.69) is 22.4 Å². The van der Waals surface area contributed by atoms with Gasteiger partial charge in [0.05, 0.1) is 23.4 Å². The molecule has 2 aliphatic rings. The summed E-state index contributed by atoms with van der Waals surface area (Å²) in [4.78, 5) is 0. The van der Waals surface area contributed by atoms with Crippen molar-refractivity contribution >= 4 is 0 Å². The van der Waals surface area contributed by atoms with Crippen LogP contribution in [0.5, 0.6) is 0 Å². The van der Waals surface area contributed by atoms with Crippen LogP contribution >= 0.6 is 0 Å². The zero-order chi connectivity index (χ0) is 14.0. The van der Waals surface area contributed by atoms with E-state index in [0.717, 1.165) is 25.0 Å². The fourth-order valence-corrected chi connectivity index (χ4v) is 3.68. The van der Waals surface area contributed by atoms with Crippen molar-refractivity contribution in [1.82, 2.24) is 15.2 Å². The van der Waals surface area contributed by atoms with Crippen LogP contribution in [0.2, 0.25) is 0 Å². The highest BCUT2D eigenvalue weighted by atomic mass is 16.5. The molecule has 3 rings (SSSR count). The molecule has 0 spiro atoms. The first-order valence-electron chi connectivity index (χ1n) is 7.83. The lowest BCUT2D eigenvalue weighted by molar-refractivity contribution is -0.0984. The van der Waals surface area contributed by atoms with Gasteiger partial charge in [-0.15, -0.1) is 0 Å². The third-order valence-electron chi connectivity index (χ3n) is 5.22. The van der Waals surface area contributed by atoms with Gasteiger partial charge in [0.2, 0.25) is 0 Å². The maximum absolute atomic E-state index is 5.76. The van der Waals surface area contributed by atoms with Gasteiger partial charge in [-0.25, -0.2) is 0 Å². The second-order valence-corrected chi connectivity index (χ2v) is 6.27. The van der Waals surface area contributed by atoms with Crippen LogP contribution in [0.3, 0.4) is 0 Å². The molecule has 0 saturated heterocycles. The molecule has 5 heteroatoms. The molecule has 0 aromatic carbocycles. The molecule has 1 aromatic heterocycles. The quantitative estimate of drug-likeness (QED) is 0.616. The minimum Gasteiger partial charge on any atom is -0.377 e. The summed E-state index contributed by atoms with van der Waals surface area (Å²) in [5, 5.41) is 4.75. The Balaban J connectivity index is 1.66. The second kappa shape index (κ2) is 5.84. The molecule has 2 fully saturated rings. The molecule has 0 amide bonds. The third kappa shape index (κ3) is 2.50. The number of methoxy groups -OCH3 is 1. The van der Waals surface area contributed by atoms with Crippen LogP contribution in [-0.2, 0) is 11.2 Å². The largest absolute Gasteiger partial charge is 0.377 e. The summed E-state index contributed by atoms with van der Waals surface area (Å²) in [6.07, 6.45) is 11.6. The summed E-state index contributed by atoms with van der Waals surface area (Å²) < 4.78 is 7.88. The van der Waals surface area contributed by atoms with Crippen LogP contribution in [0.25, 0.3) is 0 Å². The Hall–Kier alpha value is -0.910. The fraction of sp³-hybridized carbons (Fsp3) is 0.800. The van der Waals surface area contributed by atoms with E-state index in [1.54, 1.807) is 7.11 Å². The number of nitrogens with zero attached hydrogens (tertiary/aromatic N) is 2. The summed E-state index contributed by atoms with van der Waals surface area (Å²) >= 11 is 0. The summed E-state index contributed by atoms with van der Waals surface area (Å²) in [6.45, 7) is 0. The summed E-state index contributed by atoms with van der Waals surface area (Å²) in [5.41, 5.74) is 3.97. The molecule has 0 aliphatic heterocycles. The van der Waals surface area contributed by atoms with Gasteiger partial charge >= 0.3 is 0 Å². The molecule has 2 aliphatic carbocycles. The van der Waals surface area contributed by atoms with E-state index in [1.165, 1.54) is 32.1 Å². The molecule has 1 unspecified atom stereocenters. The molecule has 0 radical (unpaired) electrons. The topological polar surface area (TPSA) is 65.1 Å². The lowest BCUT2D eigenvalue weighted by Crippen LogP contribution is -2.59. The zero-order valence-corrected chi connectivity index (χ0v) is 12.3. The number of aromatic nitrogens is 2. The Kier molecular flexibility index (Phi) is 4.10. The van der Waals surface area contributed by atoms with Crippen LogP contribution in [0.1, 0.15) is 56.7 Å². The van der Waals surface area contributed by atoms with Gasteiger partial charge in [-0.3, -0.25) is 16.0 Å². The van der Waals surface area contributed by atoms with Crippen molar-refractivity contribution < 1.29 is 4.74 Å².